The Labute approximate surface area is 114 Å². The van der Waals surface area contributed by atoms with Crippen LogP contribution in [0.2, 0.25) is 0 Å². The van der Waals surface area contributed by atoms with E-state index in [0.29, 0.717) is 0 Å². The Balaban J connectivity index is 2.39. The van der Waals surface area contributed by atoms with Gasteiger partial charge in [-0.2, -0.15) is 0 Å². The van der Waals surface area contributed by atoms with Crippen LogP contribution in [0.25, 0.3) is 0 Å². The van der Waals surface area contributed by atoms with Crippen LogP contribution in [0.15, 0.2) is 41.1 Å². The lowest BCUT2D eigenvalue weighted by atomic mass is 10.1. The maximum atomic E-state index is 11.3. The minimum atomic E-state index is -0.226. The van der Waals surface area contributed by atoms with Gasteiger partial charge in [-0.3, -0.25) is 4.79 Å². The highest BCUT2D eigenvalue weighted by atomic mass is 79.9. The summed E-state index contributed by atoms with van der Waals surface area (Å²) in [5.74, 6) is 0.735. The lowest BCUT2D eigenvalue weighted by Gasteiger charge is -2.18. The summed E-state index contributed by atoms with van der Waals surface area (Å²) in [6, 6.07) is 7.62. The lowest BCUT2D eigenvalue weighted by Crippen LogP contribution is -2.28. The molecule has 4 nitrogen and oxygen atoms in total. The molecule has 1 atom stereocenters. The van der Waals surface area contributed by atoms with Crippen molar-refractivity contribution in [1.82, 2.24) is 14.9 Å². The van der Waals surface area contributed by atoms with Crippen molar-refractivity contribution >= 4 is 21.8 Å². The molecule has 0 bridgehead atoms. The number of hydrogen-bond donors (Lipinski definition) is 1. The first-order chi connectivity index (χ1) is 8.58. The number of rotatable bonds is 3. The van der Waals surface area contributed by atoms with Gasteiger partial charge in [-0.1, -0.05) is 28.1 Å². The molecule has 1 heterocycles. The van der Waals surface area contributed by atoms with Gasteiger partial charge < -0.3 is 9.88 Å². The quantitative estimate of drug-likeness (QED) is 0.946. The first-order valence-corrected chi connectivity index (χ1v) is 6.37. The predicted molar refractivity (Wildman–Crippen MR) is 73.0 cm³/mol. The summed E-state index contributed by atoms with van der Waals surface area (Å²) in [5, 5.41) is 2.92. The monoisotopic (exact) mass is 307 g/mol. The van der Waals surface area contributed by atoms with E-state index in [1.54, 1.807) is 6.20 Å². The molecule has 0 radical (unpaired) electrons. The number of amides is 1. The first-order valence-electron chi connectivity index (χ1n) is 5.57. The van der Waals surface area contributed by atoms with E-state index >= 15 is 0 Å². The molecule has 1 unspecified atom stereocenters. The number of nitrogens with one attached hydrogen (secondary N) is 1. The number of hydrogen-bond acceptors (Lipinski definition) is 2. The molecule has 1 aromatic heterocycles. The number of carbonyl (C=O) groups excluding carboxylic acids is 1. The van der Waals surface area contributed by atoms with E-state index in [0.717, 1.165) is 15.9 Å². The number of halogens is 1. The zero-order chi connectivity index (χ0) is 13.1. The highest BCUT2D eigenvalue weighted by Crippen LogP contribution is 2.22. The molecule has 0 aliphatic heterocycles. The zero-order valence-corrected chi connectivity index (χ0v) is 11.8. The largest absolute Gasteiger partial charge is 0.342 e. The van der Waals surface area contributed by atoms with Gasteiger partial charge in [-0.05, 0) is 17.7 Å². The molecule has 1 N–H and O–H groups in total. The fourth-order valence-corrected chi connectivity index (χ4v) is 2.08. The van der Waals surface area contributed by atoms with Crippen LogP contribution < -0.4 is 5.32 Å². The van der Waals surface area contributed by atoms with E-state index in [2.05, 4.69) is 26.2 Å². The highest BCUT2D eigenvalue weighted by Gasteiger charge is 2.18. The zero-order valence-electron chi connectivity index (χ0n) is 10.2. The van der Waals surface area contributed by atoms with Crippen molar-refractivity contribution in [3.63, 3.8) is 0 Å². The number of aromatic nitrogens is 2. The Hall–Kier alpha value is -1.62. The lowest BCUT2D eigenvalue weighted by molar-refractivity contribution is -0.119. The van der Waals surface area contributed by atoms with E-state index in [9.17, 15) is 4.79 Å². The van der Waals surface area contributed by atoms with E-state index in [1.165, 1.54) is 6.92 Å². The van der Waals surface area contributed by atoms with E-state index in [1.807, 2.05) is 42.1 Å². The van der Waals surface area contributed by atoms with Crippen LogP contribution in [0, 0.1) is 0 Å². The number of aryl methyl sites for hydroxylation is 1. The van der Waals surface area contributed by atoms with Crippen molar-refractivity contribution in [2.24, 2.45) is 7.05 Å². The second-order valence-electron chi connectivity index (χ2n) is 4.08. The summed E-state index contributed by atoms with van der Waals surface area (Å²) in [4.78, 5) is 15.6. The Morgan fingerprint density at radius 3 is 2.56 bits per heavy atom. The van der Waals surface area contributed by atoms with Gasteiger partial charge >= 0.3 is 0 Å². The van der Waals surface area contributed by atoms with Crippen LogP contribution in [0.1, 0.15) is 24.4 Å². The maximum Gasteiger partial charge on any atom is 0.217 e. The summed E-state index contributed by atoms with van der Waals surface area (Å²) in [5.41, 5.74) is 1.00. The Bertz CT molecular complexity index is 548. The van der Waals surface area contributed by atoms with Crippen LogP contribution in [-0.2, 0) is 11.8 Å². The van der Waals surface area contributed by atoms with Crippen LogP contribution in [0.5, 0.6) is 0 Å². The summed E-state index contributed by atoms with van der Waals surface area (Å²) in [6.07, 6.45) is 3.59. The second-order valence-corrected chi connectivity index (χ2v) is 5.00. The number of carbonyl (C=O) groups is 1. The Kier molecular flexibility index (Phi) is 3.81. The van der Waals surface area contributed by atoms with Gasteiger partial charge in [0.15, 0.2) is 0 Å². The van der Waals surface area contributed by atoms with Crippen molar-refractivity contribution in [2.75, 3.05) is 0 Å². The molecule has 1 aromatic carbocycles. The third kappa shape index (κ3) is 2.79. The van der Waals surface area contributed by atoms with Crippen LogP contribution in [0.4, 0.5) is 0 Å². The SMILES string of the molecule is CC(=O)NC(c1ccc(Br)cc1)c1nccn1C. The second kappa shape index (κ2) is 5.35. The van der Waals surface area contributed by atoms with Crippen molar-refractivity contribution < 1.29 is 4.79 Å². The first kappa shape index (κ1) is 12.8. The Morgan fingerprint density at radius 1 is 1.39 bits per heavy atom. The molecule has 0 saturated carbocycles. The van der Waals surface area contributed by atoms with Crippen molar-refractivity contribution in [2.45, 2.75) is 13.0 Å². The molecule has 0 spiro atoms. The van der Waals surface area contributed by atoms with Gasteiger partial charge in [0.1, 0.15) is 11.9 Å². The molecule has 1 amide bonds. The third-order valence-corrected chi connectivity index (χ3v) is 3.20. The molecular formula is C13H14BrN3O. The van der Waals surface area contributed by atoms with Crippen molar-refractivity contribution in [3.05, 3.63) is 52.5 Å². The molecule has 2 aromatic rings. The number of benzene rings is 1. The number of imidazole rings is 1. The van der Waals surface area contributed by atoms with Gasteiger partial charge in [0.25, 0.3) is 0 Å². The summed E-state index contributed by atoms with van der Waals surface area (Å²) in [7, 11) is 1.91. The molecule has 94 valence electrons. The van der Waals surface area contributed by atoms with Crippen molar-refractivity contribution in [3.8, 4) is 0 Å². The Morgan fingerprint density at radius 2 is 2.06 bits per heavy atom. The molecule has 5 heteroatoms. The average molecular weight is 308 g/mol. The molecule has 18 heavy (non-hydrogen) atoms. The molecule has 0 aliphatic rings. The van der Waals surface area contributed by atoms with E-state index in [-0.39, 0.29) is 11.9 Å². The fraction of sp³-hybridized carbons (Fsp3) is 0.231. The molecular weight excluding hydrogens is 294 g/mol. The number of nitrogens with zero attached hydrogens (tertiary/aromatic N) is 2. The highest BCUT2D eigenvalue weighted by molar-refractivity contribution is 9.10. The average Bonchev–Trinajstić information content (AvgIpc) is 2.73. The van der Waals surface area contributed by atoms with Gasteiger partial charge in [0, 0.05) is 30.8 Å². The summed E-state index contributed by atoms with van der Waals surface area (Å²) >= 11 is 3.40. The molecule has 0 aliphatic carbocycles. The van der Waals surface area contributed by atoms with Crippen LogP contribution in [-0.4, -0.2) is 15.5 Å². The van der Waals surface area contributed by atoms with Gasteiger partial charge in [0.2, 0.25) is 5.91 Å². The normalized spacial score (nSPS) is 12.2. The summed E-state index contributed by atoms with van der Waals surface area (Å²) < 4.78 is 2.91. The standard InChI is InChI=1S/C13H14BrN3O/c1-9(18)16-12(13-15-7-8-17(13)2)10-3-5-11(14)6-4-10/h3-8,12H,1-2H3,(H,16,18). The minimum Gasteiger partial charge on any atom is -0.342 e. The van der Waals surface area contributed by atoms with Gasteiger partial charge in [-0.15, -0.1) is 0 Å². The maximum absolute atomic E-state index is 11.3. The van der Waals surface area contributed by atoms with Crippen LogP contribution in [0.3, 0.4) is 0 Å². The molecule has 0 fully saturated rings. The summed E-state index contributed by atoms with van der Waals surface area (Å²) in [6.45, 7) is 1.51. The van der Waals surface area contributed by atoms with Crippen LogP contribution >= 0.6 is 15.9 Å². The minimum absolute atomic E-state index is 0.0779. The predicted octanol–water partition coefficient (Wildman–Crippen LogP) is 2.41. The fourth-order valence-electron chi connectivity index (χ4n) is 1.81. The van der Waals surface area contributed by atoms with Gasteiger partial charge in [-0.25, -0.2) is 4.98 Å². The molecule has 2 rings (SSSR count). The van der Waals surface area contributed by atoms with Crippen molar-refractivity contribution in [1.29, 1.82) is 0 Å². The third-order valence-electron chi connectivity index (χ3n) is 2.67. The topological polar surface area (TPSA) is 46.9 Å². The molecule has 0 saturated heterocycles. The van der Waals surface area contributed by atoms with E-state index < -0.39 is 0 Å². The van der Waals surface area contributed by atoms with E-state index in [4.69, 9.17) is 0 Å². The smallest absolute Gasteiger partial charge is 0.217 e. The van der Waals surface area contributed by atoms with Gasteiger partial charge in [0.05, 0.1) is 0 Å².